The summed E-state index contributed by atoms with van der Waals surface area (Å²) in [6, 6.07) is 7.71. The number of aromatic nitrogens is 7. The van der Waals surface area contributed by atoms with E-state index >= 15 is 0 Å². The van der Waals surface area contributed by atoms with Gasteiger partial charge < -0.3 is 25.0 Å². The Hall–Kier alpha value is -3.61. The first-order valence-corrected chi connectivity index (χ1v) is 10.5. The Kier molecular flexibility index (Phi) is 5.62. The van der Waals surface area contributed by atoms with E-state index in [1.165, 1.54) is 12.7 Å². The molecule has 0 radical (unpaired) electrons. The Labute approximate surface area is 188 Å². The summed E-state index contributed by atoms with van der Waals surface area (Å²) in [6.07, 6.45) is 0.900. The van der Waals surface area contributed by atoms with Gasteiger partial charge in [0.25, 0.3) is 0 Å². The van der Waals surface area contributed by atoms with Gasteiger partial charge in [0.2, 0.25) is 0 Å². The number of aliphatic hydroxyl groups excluding tert-OH is 2. The number of fused-ring (bicyclic) bond motifs is 1. The smallest absolute Gasteiger partial charge is 0.167 e. The number of anilines is 1. The summed E-state index contributed by atoms with van der Waals surface area (Å²) < 4.78 is 14.4. The van der Waals surface area contributed by atoms with Gasteiger partial charge in [-0.3, -0.25) is 4.57 Å². The highest BCUT2D eigenvalue weighted by Crippen LogP contribution is 2.33. The van der Waals surface area contributed by atoms with Gasteiger partial charge in [0.05, 0.1) is 25.7 Å². The maximum atomic E-state index is 10.7. The zero-order chi connectivity index (χ0) is 22.9. The van der Waals surface area contributed by atoms with Crippen molar-refractivity contribution in [3.05, 3.63) is 54.4 Å². The van der Waals surface area contributed by atoms with Crippen molar-refractivity contribution in [3.63, 3.8) is 0 Å². The standard InChI is InChI=1S/C21H24N8O4/c1-12-8-28(27-26-12)9-15-17(30)18(31)21(33-15)29-11-25-16-19(23-10-24-20(16)29)22-7-13-3-5-14(32-2)6-4-13/h3-6,8,10-11,15,17-18,21,30-31H,7,9H2,1-2H3,(H,22,23,24)/t15-,17-,18-,21-/m1/s1. The largest absolute Gasteiger partial charge is 0.497 e. The molecule has 12 nitrogen and oxygen atoms in total. The summed E-state index contributed by atoms with van der Waals surface area (Å²) >= 11 is 0. The van der Waals surface area contributed by atoms with Crippen molar-refractivity contribution in [1.29, 1.82) is 0 Å². The highest BCUT2D eigenvalue weighted by molar-refractivity contribution is 5.82. The predicted molar refractivity (Wildman–Crippen MR) is 116 cm³/mol. The van der Waals surface area contributed by atoms with E-state index in [0.717, 1.165) is 17.0 Å². The number of rotatable bonds is 7. The number of aryl methyl sites for hydroxylation is 1. The van der Waals surface area contributed by atoms with Crippen molar-refractivity contribution < 1.29 is 19.7 Å². The minimum absolute atomic E-state index is 0.256. The topological polar surface area (TPSA) is 145 Å². The molecule has 1 saturated heterocycles. The minimum atomic E-state index is -1.16. The van der Waals surface area contributed by atoms with Crippen molar-refractivity contribution in [2.45, 2.75) is 44.6 Å². The summed E-state index contributed by atoms with van der Waals surface area (Å²) in [5.74, 6) is 1.34. The SMILES string of the molecule is COc1ccc(CNc2ncnc3c2ncn3[C@@H]2O[C@H](Cn3cc(C)nn3)[C@@H](O)[C@H]2O)cc1. The molecule has 0 unspecified atom stereocenters. The molecule has 5 rings (SSSR count). The lowest BCUT2D eigenvalue weighted by atomic mass is 10.1. The Morgan fingerprint density at radius 1 is 1.12 bits per heavy atom. The predicted octanol–water partition coefficient (Wildman–Crippen LogP) is 0.666. The molecule has 3 aromatic heterocycles. The van der Waals surface area contributed by atoms with Crippen molar-refractivity contribution >= 4 is 17.0 Å². The fourth-order valence-electron chi connectivity index (χ4n) is 3.88. The molecular formula is C21H24N8O4. The number of hydrogen-bond donors (Lipinski definition) is 3. The fourth-order valence-corrected chi connectivity index (χ4v) is 3.88. The number of hydrogen-bond acceptors (Lipinski definition) is 10. The molecule has 172 valence electrons. The van der Waals surface area contributed by atoms with Crippen LogP contribution in [0.3, 0.4) is 0 Å². The summed E-state index contributed by atoms with van der Waals surface area (Å²) in [7, 11) is 1.63. The number of nitrogens with zero attached hydrogens (tertiary/aromatic N) is 7. The Morgan fingerprint density at radius 2 is 1.94 bits per heavy atom. The molecule has 3 N–H and O–H groups in total. The second kappa shape index (κ2) is 8.73. The number of nitrogens with one attached hydrogen (secondary N) is 1. The van der Waals surface area contributed by atoms with Crippen LogP contribution >= 0.6 is 0 Å². The van der Waals surface area contributed by atoms with Crippen molar-refractivity contribution in [2.75, 3.05) is 12.4 Å². The van der Waals surface area contributed by atoms with Crippen LogP contribution in [0.5, 0.6) is 5.75 Å². The molecule has 12 heteroatoms. The molecule has 0 bridgehead atoms. The average Bonchev–Trinajstić information content (AvgIpc) is 3.52. The van der Waals surface area contributed by atoms with Gasteiger partial charge in [-0.2, -0.15) is 0 Å². The van der Waals surface area contributed by atoms with Gasteiger partial charge in [0.1, 0.15) is 30.4 Å². The van der Waals surface area contributed by atoms with Gasteiger partial charge >= 0.3 is 0 Å². The van der Waals surface area contributed by atoms with E-state index in [0.29, 0.717) is 23.5 Å². The van der Waals surface area contributed by atoms with Crippen LogP contribution < -0.4 is 10.1 Å². The second-order valence-corrected chi connectivity index (χ2v) is 7.88. The van der Waals surface area contributed by atoms with Gasteiger partial charge in [-0.15, -0.1) is 5.10 Å². The maximum Gasteiger partial charge on any atom is 0.167 e. The highest BCUT2D eigenvalue weighted by atomic mass is 16.6. The Morgan fingerprint density at radius 3 is 2.67 bits per heavy atom. The molecule has 33 heavy (non-hydrogen) atoms. The van der Waals surface area contributed by atoms with Crippen LogP contribution in [0.2, 0.25) is 0 Å². The van der Waals surface area contributed by atoms with Crippen LogP contribution in [0, 0.1) is 6.92 Å². The van der Waals surface area contributed by atoms with E-state index in [1.807, 2.05) is 31.2 Å². The molecule has 1 aliphatic rings. The minimum Gasteiger partial charge on any atom is -0.497 e. The molecule has 0 aliphatic carbocycles. The third kappa shape index (κ3) is 4.11. The summed E-state index contributed by atoms with van der Waals surface area (Å²) in [5.41, 5.74) is 2.82. The quantitative estimate of drug-likeness (QED) is 0.366. The monoisotopic (exact) mass is 452 g/mol. The summed E-state index contributed by atoms with van der Waals surface area (Å²) in [4.78, 5) is 13.1. The third-order valence-corrected chi connectivity index (χ3v) is 5.61. The first-order chi connectivity index (χ1) is 16.0. The first-order valence-electron chi connectivity index (χ1n) is 10.5. The molecule has 1 fully saturated rings. The lowest BCUT2D eigenvalue weighted by molar-refractivity contribution is -0.0403. The van der Waals surface area contributed by atoms with Gasteiger partial charge in [-0.05, 0) is 24.6 Å². The molecule has 4 atom stereocenters. The van der Waals surface area contributed by atoms with E-state index in [4.69, 9.17) is 9.47 Å². The molecule has 1 aromatic carbocycles. The zero-order valence-electron chi connectivity index (χ0n) is 18.1. The fraction of sp³-hybridized carbons (Fsp3) is 0.381. The van der Waals surface area contributed by atoms with Crippen LogP contribution in [-0.4, -0.2) is 70.1 Å². The average molecular weight is 452 g/mol. The van der Waals surface area contributed by atoms with E-state index in [9.17, 15) is 10.2 Å². The van der Waals surface area contributed by atoms with Crippen LogP contribution in [0.1, 0.15) is 17.5 Å². The Balaban J connectivity index is 1.34. The highest BCUT2D eigenvalue weighted by Gasteiger charge is 2.44. The van der Waals surface area contributed by atoms with Crippen molar-refractivity contribution in [2.24, 2.45) is 0 Å². The van der Waals surface area contributed by atoms with E-state index in [2.05, 4.69) is 30.6 Å². The molecular weight excluding hydrogens is 428 g/mol. The summed E-state index contributed by atoms with van der Waals surface area (Å²) in [6.45, 7) is 2.61. The van der Waals surface area contributed by atoms with Crippen LogP contribution in [-0.2, 0) is 17.8 Å². The lowest BCUT2D eigenvalue weighted by Gasteiger charge is -2.16. The molecule has 0 spiro atoms. The van der Waals surface area contributed by atoms with Crippen LogP contribution in [0.15, 0.2) is 43.1 Å². The first kappa shape index (κ1) is 21.2. The van der Waals surface area contributed by atoms with E-state index < -0.39 is 24.5 Å². The van der Waals surface area contributed by atoms with Crippen LogP contribution in [0.25, 0.3) is 11.2 Å². The number of ether oxygens (including phenoxy) is 2. The molecule has 0 amide bonds. The lowest BCUT2D eigenvalue weighted by Crippen LogP contribution is -2.33. The molecule has 4 aromatic rings. The number of methoxy groups -OCH3 is 1. The van der Waals surface area contributed by atoms with E-state index in [-0.39, 0.29) is 6.54 Å². The van der Waals surface area contributed by atoms with Gasteiger partial charge in [-0.1, -0.05) is 17.3 Å². The zero-order valence-corrected chi connectivity index (χ0v) is 18.1. The number of aliphatic hydroxyl groups is 2. The maximum absolute atomic E-state index is 10.7. The normalized spacial score (nSPS) is 22.7. The van der Waals surface area contributed by atoms with Crippen LogP contribution in [0.4, 0.5) is 5.82 Å². The van der Waals surface area contributed by atoms with Crippen molar-refractivity contribution in [3.8, 4) is 5.75 Å². The van der Waals surface area contributed by atoms with Gasteiger partial charge in [0.15, 0.2) is 23.2 Å². The third-order valence-electron chi connectivity index (χ3n) is 5.61. The summed E-state index contributed by atoms with van der Waals surface area (Å²) in [5, 5.41) is 32.4. The van der Waals surface area contributed by atoms with E-state index in [1.54, 1.807) is 22.6 Å². The molecule has 0 saturated carbocycles. The molecule has 1 aliphatic heterocycles. The van der Waals surface area contributed by atoms with Crippen molar-refractivity contribution in [1.82, 2.24) is 34.5 Å². The number of imidazole rings is 1. The Bertz CT molecular complexity index is 1240. The second-order valence-electron chi connectivity index (χ2n) is 7.88. The van der Waals surface area contributed by atoms with Gasteiger partial charge in [-0.25, -0.2) is 19.6 Å². The number of benzene rings is 1. The van der Waals surface area contributed by atoms with Gasteiger partial charge in [0, 0.05) is 12.7 Å². The molecule has 4 heterocycles.